The molecule has 1 fully saturated rings. The number of ether oxygens (including phenoxy) is 1. The van der Waals surface area contributed by atoms with Gasteiger partial charge in [0.05, 0.1) is 12.7 Å². The van der Waals surface area contributed by atoms with E-state index in [9.17, 15) is 9.59 Å². The number of hydrogen-bond acceptors (Lipinski definition) is 3. The molecule has 0 spiro atoms. The Morgan fingerprint density at radius 1 is 0.920 bits per heavy atom. The lowest BCUT2D eigenvalue weighted by atomic mass is 10.1. The molecule has 0 aliphatic carbocycles. The third-order valence-electron chi connectivity index (χ3n) is 4.27. The summed E-state index contributed by atoms with van der Waals surface area (Å²) < 4.78 is 5.26. The molecule has 2 aromatic rings. The fourth-order valence-electron chi connectivity index (χ4n) is 2.89. The van der Waals surface area contributed by atoms with E-state index in [1.807, 2.05) is 18.2 Å². The highest BCUT2D eigenvalue weighted by atomic mass is 35.5. The van der Waals surface area contributed by atoms with Gasteiger partial charge >= 0.3 is 0 Å². The number of nitrogens with zero attached hydrogens (tertiary/aromatic N) is 2. The van der Waals surface area contributed by atoms with E-state index in [1.54, 1.807) is 40.1 Å². The van der Waals surface area contributed by atoms with Crippen molar-refractivity contribution >= 4 is 23.4 Å². The van der Waals surface area contributed by atoms with Crippen molar-refractivity contribution in [3.8, 4) is 5.75 Å². The minimum absolute atomic E-state index is 0.00645. The summed E-state index contributed by atoms with van der Waals surface area (Å²) in [6.07, 6.45) is 0. The standard InChI is InChI=1S/C19H19ClN2O3/c1-25-17-8-7-15(20)13-16(17)19(24)22-11-9-21(10-12-22)18(23)14-5-3-2-4-6-14/h2-8,13H,9-12H2,1H3. The van der Waals surface area contributed by atoms with Gasteiger partial charge in [-0.3, -0.25) is 9.59 Å². The van der Waals surface area contributed by atoms with Gasteiger partial charge in [0.2, 0.25) is 0 Å². The van der Waals surface area contributed by atoms with E-state index >= 15 is 0 Å². The summed E-state index contributed by atoms with van der Waals surface area (Å²) in [4.78, 5) is 28.7. The zero-order chi connectivity index (χ0) is 17.8. The molecule has 6 heteroatoms. The molecule has 3 rings (SSSR count). The average Bonchev–Trinajstić information content (AvgIpc) is 2.67. The quantitative estimate of drug-likeness (QED) is 0.847. The molecule has 0 radical (unpaired) electrons. The number of hydrogen-bond donors (Lipinski definition) is 0. The van der Waals surface area contributed by atoms with Crippen molar-refractivity contribution in [1.82, 2.24) is 9.80 Å². The Morgan fingerprint density at radius 2 is 1.52 bits per heavy atom. The highest BCUT2D eigenvalue weighted by molar-refractivity contribution is 6.31. The minimum Gasteiger partial charge on any atom is -0.496 e. The molecule has 0 aromatic heterocycles. The zero-order valence-electron chi connectivity index (χ0n) is 13.9. The predicted molar refractivity (Wildman–Crippen MR) is 96.3 cm³/mol. The molecule has 0 atom stereocenters. The Labute approximate surface area is 151 Å². The molecule has 2 aromatic carbocycles. The van der Waals surface area contributed by atoms with Crippen LogP contribution >= 0.6 is 11.6 Å². The predicted octanol–water partition coefficient (Wildman–Crippen LogP) is 2.95. The minimum atomic E-state index is -0.133. The monoisotopic (exact) mass is 358 g/mol. The van der Waals surface area contributed by atoms with Crippen molar-refractivity contribution < 1.29 is 14.3 Å². The molecule has 0 unspecified atom stereocenters. The van der Waals surface area contributed by atoms with Crippen LogP contribution in [0.1, 0.15) is 20.7 Å². The molecular weight excluding hydrogens is 340 g/mol. The van der Waals surface area contributed by atoms with E-state index in [2.05, 4.69) is 0 Å². The van der Waals surface area contributed by atoms with Gasteiger partial charge in [-0.05, 0) is 30.3 Å². The van der Waals surface area contributed by atoms with Crippen LogP contribution in [0.2, 0.25) is 5.02 Å². The lowest BCUT2D eigenvalue weighted by molar-refractivity contribution is 0.0533. The smallest absolute Gasteiger partial charge is 0.257 e. The van der Waals surface area contributed by atoms with Crippen molar-refractivity contribution in [3.63, 3.8) is 0 Å². The van der Waals surface area contributed by atoms with Crippen LogP contribution in [0.15, 0.2) is 48.5 Å². The van der Waals surface area contributed by atoms with Crippen molar-refractivity contribution in [3.05, 3.63) is 64.7 Å². The van der Waals surface area contributed by atoms with E-state index in [0.29, 0.717) is 48.1 Å². The highest BCUT2D eigenvalue weighted by Crippen LogP contribution is 2.24. The summed E-state index contributed by atoms with van der Waals surface area (Å²) in [5.41, 5.74) is 1.11. The van der Waals surface area contributed by atoms with E-state index in [0.717, 1.165) is 0 Å². The van der Waals surface area contributed by atoms with Crippen molar-refractivity contribution in [1.29, 1.82) is 0 Å². The number of methoxy groups -OCH3 is 1. The molecule has 0 N–H and O–H groups in total. The molecule has 0 bridgehead atoms. The molecular formula is C19H19ClN2O3. The SMILES string of the molecule is COc1ccc(Cl)cc1C(=O)N1CCN(C(=O)c2ccccc2)CC1. The van der Waals surface area contributed by atoms with E-state index in [-0.39, 0.29) is 11.8 Å². The number of carbonyl (C=O) groups is 2. The van der Waals surface area contributed by atoms with Gasteiger partial charge in [-0.25, -0.2) is 0 Å². The van der Waals surface area contributed by atoms with Crippen LogP contribution in [0.5, 0.6) is 5.75 Å². The molecule has 1 aliphatic rings. The molecule has 5 nitrogen and oxygen atoms in total. The van der Waals surface area contributed by atoms with E-state index in [1.165, 1.54) is 7.11 Å². The first-order chi connectivity index (χ1) is 12.1. The van der Waals surface area contributed by atoms with Gasteiger partial charge in [-0.15, -0.1) is 0 Å². The normalized spacial score (nSPS) is 14.3. The third-order valence-corrected chi connectivity index (χ3v) is 4.50. The summed E-state index contributed by atoms with van der Waals surface area (Å²) in [5, 5.41) is 0.488. The second-order valence-electron chi connectivity index (χ2n) is 5.80. The van der Waals surface area contributed by atoms with Crippen LogP contribution in [0.25, 0.3) is 0 Å². The highest BCUT2D eigenvalue weighted by Gasteiger charge is 2.27. The fraction of sp³-hybridized carbons (Fsp3) is 0.263. The first-order valence-corrected chi connectivity index (χ1v) is 8.45. The Morgan fingerprint density at radius 3 is 2.12 bits per heavy atom. The summed E-state index contributed by atoms with van der Waals surface area (Å²) >= 11 is 6.01. The number of amides is 2. The van der Waals surface area contributed by atoms with E-state index in [4.69, 9.17) is 16.3 Å². The van der Waals surface area contributed by atoms with Crippen molar-refractivity contribution in [2.45, 2.75) is 0 Å². The van der Waals surface area contributed by atoms with Gasteiger partial charge in [-0.2, -0.15) is 0 Å². The number of carbonyl (C=O) groups excluding carboxylic acids is 2. The molecule has 1 aliphatic heterocycles. The van der Waals surface area contributed by atoms with Crippen LogP contribution in [0.4, 0.5) is 0 Å². The van der Waals surface area contributed by atoms with Crippen LogP contribution in [-0.4, -0.2) is 54.9 Å². The second kappa shape index (κ2) is 7.57. The first-order valence-electron chi connectivity index (χ1n) is 8.07. The van der Waals surface area contributed by atoms with Crippen LogP contribution in [0.3, 0.4) is 0 Å². The molecule has 2 amide bonds. The van der Waals surface area contributed by atoms with Gasteiger partial charge in [-0.1, -0.05) is 29.8 Å². The Hall–Kier alpha value is -2.53. The number of halogens is 1. The fourth-order valence-corrected chi connectivity index (χ4v) is 3.07. The number of rotatable bonds is 3. The topological polar surface area (TPSA) is 49.9 Å². The molecule has 1 saturated heterocycles. The summed E-state index contributed by atoms with van der Waals surface area (Å²) in [6, 6.07) is 14.2. The second-order valence-corrected chi connectivity index (χ2v) is 6.23. The van der Waals surface area contributed by atoms with Crippen LogP contribution in [-0.2, 0) is 0 Å². The Kier molecular flexibility index (Phi) is 5.24. The number of benzene rings is 2. The molecule has 130 valence electrons. The summed E-state index contributed by atoms with van der Waals surface area (Å²) in [5.74, 6) is 0.358. The molecule has 25 heavy (non-hydrogen) atoms. The Bertz CT molecular complexity index is 771. The maximum atomic E-state index is 12.8. The van der Waals surface area contributed by atoms with E-state index < -0.39 is 0 Å². The van der Waals surface area contributed by atoms with Gasteiger partial charge in [0, 0.05) is 36.8 Å². The van der Waals surface area contributed by atoms with Crippen LogP contribution in [0, 0.1) is 0 Å². The first kappa shape index (κ1) is 17.3. The van der Waals surface area contributed by atoms with Gasteiger partial charge in [0.25, 0.3) is 11.8 Å². The maximum absolute atomic E-state index is 12.8. The van der Waals surface area contributed by atoms with Gasteiger partial charge in [0.1, 0.15) is 5.75 Å². The lowest BCUT2D eigenvalue weighted by Crippen LogP contribution is -2.50. The maximum Gasteiger partial charge on any atom is 0.257 e. The Balaban J connectivity index is 1.67. The largest absolute Gasteiger partial charge is 0.496 e. The third kappa shape index (κ3) is 3.77. The van der Waals surface area contributed by atoms with Crippen molar-refractivity contribution in [2.75, 3.05) is 33.3 Å². The van der Waals surface area contributed by atoms with Crippen LogP contribution < -0.4 is 4.74 Å². The number of piperazine rings is 1. The van der Waals surface area contributed by atoms with Gasteiger partial charge < -0.3 is 14.5 Å². The van der Waals surface area contributed by atoms with Crippen molar-refractivity contribution in [2.24, 2.45) is 0 Å². The molecule has 1 heterocycles. The summed E-state index contributed by atoms with van der Waals surface area (Å²) in [7, 11) is 1.52. The lowest BCUT2D eigenvalue weighted by Gasteiger charge is -2.35. The van der Waals surface area contributed by atoms with Gasteiger partial charge in [0.15, 0.2) is 0 Å². The summed E-state index contributed by atoms with van der Waals surface area (Å²) in [6.45, 7) is 1.96. The average molecular weight is 359 g/mol. The molecule has 0 saturated carbocycles. The zero-order valence-corrected chi connectivity index (χ0v) is 14.7.